The van der Waals surface area contributed by atoms with Gasteiger partial charge in [0, 0.05) is 18.7 Å². The van der Waals surface area contributed by atoms with Gasteiger partial charge in [0.25, 0.3) is 0 Å². The number of likely N-dealkylation sites (tertiary alicyclic amines) is 1. The predicted octanol–water partition coefficient (Wildman–Crippen LogP) is 5.83. The van der Waals surface area contributed by atoms with Crippen molar-refractivity contribution in [2.24, 2.45) is 0 Å². The lowest BCUT2D eigenvalue weighted by atomic mass is 9.84. The highest BCUT2D eigenvalue weighted by Crippen LogP contribution is 2.33. The van der Waals surface area contributed by atoms with Crippen LogP contribution in [0.4, 0.5) is 0 Å². The van der Waals surface area contributed by atoms with Crippen LogP contribution in [0, 0.1) is 0 Å². The maximum Gasteiger partial charge on any atom is 0.109 e. The van der Waals surface area contributed by atoms with Gasteiger partial charge in [-0.15, -0.1) is 0 Å². The van der Waals surface area contributed by atoms with Crippen LogP contribution >= 0.6 is 12.2 Å². The molecule has 1 heterocycles. The lowest BCUT2D eigenvalue weighted by molar-refractivity contribution is 0.528. The summed E-state index contributed by atoms with van der Waals surface area (Å²) in [5.74, 6) is 1.57. The van der Waals surface area contributed by atoms with E-state index in [1.807, 2.05) is 0 Å². The van der Waals surface area contributed by atoms with Crippen LogP contribution in [0.15, 0.2) is 12.1 Å². The molecule has 1 nitrogen and oxygen atoms in total. The zero-order valence-corrected chi connectivity index (χ0v) is 15.9. The fraction of sp³-hybridized carbons (Fsp3) is 0.650. The molecule has 2 rings (SSSR count). The molecule has 22 heavy (non-hydrogen) atoms. The zero-order chi connectivity index (χ0) is 16.4. The Morgan fingerprint density at radius 1 is 0.864 bits per heavy atom. The largest absolute Gasteiger partial charge is 0.362 e. The summed E-state index contributed by atoms with van der Waals surface area (Å²) in [6.45, 7) is 16.0. The molecule has 0 atom stereocenters. The average molecular weight is 318 g/mol. The van der Waals surface area contributed by atoms with E-state index in [0.29, 0.717) is 17.8 Å². The number of nitrogens with zero attached hydrogens (tertiary/aromatic N) is 1. The fourth-order valence-electron chi connectivity index (χ4n) is 3.28. The fourth-order valence-corrected chi connectivity index (χ4v) is 3.70. The molecule has 1 saturated heterocycles. The highest BCUT2D eigenvalue weighted by molar-refractivity contribution is 7.80. The molecule has 1 aromatic rings. The minimum absolute atomic E-state index is 0.506. The molecule has 0 radical (unpaired) electrons. The van der Waals surface area contributed by atoms with E-state index in [4.69, 9.17) is 12.2 Å². The van der Waals surface area contributed by atoms with Crippen LogP contribution in [0.25, 0.3) is 0 Å². The van der Waals surface area contributed by atoms with Crippen molar-refractivity contribution in [1.82, 2.24) is 4.90 Å². The molecule has 0 spiro atoms. The maximum atomic E-state index is 5.93. The van der Waals surface area contributed by atoms with Crippen LogP contribution < -0.4 is 0 Å². The lowest BCUT2D eigenvalue weighted by Crippen LogP contribution is -2.29. The van der Waals surface area contributed by atoms with Gasteiger partial charge in [-0.25, -0.2) is 0 Å². The number of thiocarbonyl (C=S) groups is 1. The van der Waals surface area contributed by atoms with Crippen molar-refractivity contribution in [2.45, 2.75) is 72.1 Å². The third-order valence-corrected chi connectivity index (χ3v) is 5.20. The maximum absolute atomic E-state index is 5.93. The average Bonchev–Trinajstić information content (AvgIpc) is 2.98. The van der Waals surface area contributed by atoms with Crippen LogP contribution in [-0.2, 0) is 0 Å². The summed E-state index contributed by atoms with van der Waals surface area (Å²) in [4.78, 5) is 3.50. The second kappa shape index (κ2) is 7.12. The Morgan fingerprint density at radius 2 is 1.32 bits per heavy atom. The van der Waals surface area contributed by atoms with Gasteiger partial charge in [0.15, 0.2) is 0 Å². The van der Waals surface area contributed by atoms with Crippen molar-refractivity contribution in [2.75, 3.05) is 13.1 Å². The Labute approximate surface area is 142 Å². The molecule has 0 amide bonds. The minimum Gasteiger partial charge on any atom is -0.362 e. The topological polar surface area (TPSA) is 3.24 Å². The number of hydrogen-bond acceptors (Lipinski definition) is 1. The summed E-state index contributed by atoms with van der Waals surface area (Å²) >= 11 is 5.93. The van der Waals surface area contributed by atoms with E-state index in [0.717, 1.165) is 18.1 Å². The van der Waals surface area contributed by atoms with E-state index in [2.05, 4.69) is 58.6 Å². The Kier molecular flexibility index (Phi) is 5.65. The molecule has 1 aliphatic rings. The first-order valence-electron chi connectivity index (χ1n) is 8.80. The van der Waals surface area contributed by atoms with Crippen molar-refractivity contribution < 1.29 is 0 Å². The summed E-state index contributed by atoms with van der Waals surface area (Å²) in [7, 11) is 0. The molecule has 0 N–H and O–H groups in total. The molecule has 0 unspecified atom stereocenters. The number of rotatable bonds is 4. The zero-order valence-electron chi connectivity index (χ0n) is 15.1. The Hall–Kier alpha value is -0.890. The number of benzene rings is 1. The first-order valence-corrected chi connectivity index (χ1v) is 9.20. The molecule has 122 valence electrons. The Balaban J connectivity index is 2.60. The van der Waals surface area contributed by atoms with Crippen molar-refractivity contribution in [3.63, 3.8) is 0 Å². The monoisotopic (exact) mass is 317 g/mol. The van der Waals surface area contributed by atoms with E-state index >= 15 is 0 Å². The van der Waals surface area contributed by atoms with Crippen LogP contribution in [-0.4, -0.2) is 23.0 Å². The van der Waals surface area contributed by atoms with Gasteiger partial charge in [-0.3, -0.25) is 0 Å². The summed E-state index contributed by atoms with van der Waals surface area (Å²) in [5, 5.41) is 0. The van der Waals surface area contributed by atoms with Crippen LogP contribution in [0.2, 0.25) is 0 Å². The first-order chi connectivity index (χ1) is 10.3. The predicted molar refractivity (Wildman–Crippen MR) is 101 cm³/mol. The first kappa shape index (κ1) is 17.5. The highest BCUT2D eigenvalue weighted by Gasteiger charge is 2.24. The normalized spacial score (nSPS) is 15.4. The van der Waals surface area contributed by atoms with Gasteiger partial charge in [-0.1, -0.05) is 65.9 Å². The van der Waals surface area contributed by atoms with Crippen molar-refractivity contribution >= 4 is 17.2 Å². The molecule has 0 aromatic heterocycles. The molecule has 0 saturated carbocycles. The van der Waals surface area contributed by atoms with Gasteiger partial charge in [0.1, 0.15) is 4.99 Å². The lowest BCUT2D eigenvalue weighted by Gasteiger charge is -2.27. The molecule has 0 aliphatic carbocycles. The second-order valence-electron chi connectivity index (χ2n) is 7.54. The molecule has 1 aliphatic heterocycles. The van der Waals surface area contributed by atoms with Crippen molar-refractivity contribution in [1.29, 1.82) is 0 Å². The molecule has 2 heteroatoms. The molecule has 1 fully saturated rings. The van der Waals surface area contributed by atoms with Crippen molar-refractivity contribution in [3.05, 3.63) is 34.4 Å². The minimum atomic E-state index is 0.506. The van der Waals surface area contributed by atoms with E-state index in [9.17, 15) is 0 Å². The van der Waals surface area contributed by atoms with Crippen LogP contribution in [0.3, 0.4) is 0 Å². The summed E-state index contributed by atoms with van der Waals surface area (Å²) in [6.07, 6.45) is 2.55. The molecular weight excluding hydrogens is 286 g/mol. The Morgan fingerprint density at radius 3 is 1.68 bits per heavy atom. The van der Waals surface area contributed by atoms with Gasteiger partial charge < -0.3 is 4.90 Å². The SMILES string of the molecule is CC(C)c1cc(C(C)C)c(C(=S)N2CCCC2)c(C(C)C)c1. The third-order valence-electron chi connectivity index (χ3n) is 4.74. The molecule has 0 bridgehead atoms. The summed E-state index contributed by atoms with van der Waals surface area (Å²) < 4.78 is 0. The van der Waals surface area contributed by atoms with Gasteiger partial charge >= 0.3 is 0 Å². The van der Waals surface area contributed by atoms with Gasteiger partial charge in [0.2, 0.25) is 0 Å². The summed E-state index contributed by atoms with van der Waals surface area (Å²) in [5.41, 5.74) is 5.67. The van der Waals surface area contributed by atoms with E-state index in [1.54, 1.807) is 0 Å². The van der Waals surface area contributed by atoms with E-state index in [1.165, 1.54) is 35.1 Å². The van der Waals surface area contributed by atoms with Gasteiger partial charge in [-0.05, 0) is 47.3 Å². The summed E-state index contributed by atoms with van der Waals surface area (Å²) in [6, 6.07) is 4.80. The van der Waals surface area contributed by atoms with Crippen LogP contribution in [0.5, 0.6) is 0 Å². The van der Waals surface area contributed by atoms with E-state index in [-0.39, 0.29) is 0 Å². The third kappa shape index (κ3) is 3.53. The van der Waals surface area contributed by atoms with Crippen molar-refractivity contribution in [3.8, 4) is 0 Å². The van der Waals surface area contributed by atoms with Gasteiger partial charge in [-0.2, -0.15) is 0 Å². The van der Waals surface area contributed by atoms with E-state index < -0.39 is 0 Å². The number of hydrogen-bond donors (Lipinski definition) is 0. The van der Waals surface area contributed by atoms with Gasteiger partial charge in [0.05, 0.1) is 0 Å². The Bertz CT molecular complexity index is 508. The smallest absolute Gasteiger partial charge is 0.109 e. The highest BCUT2D eigenvalue weighted by atomic mass is 32.1. The standard InChI is InChI=1S/C20H31NS/c1-13(2)16-11-17(14(3)4)19(18(12-16)15(5)6)20(22)21-9-7-8-10-21/h11-15H,7-10H2,1-6H3. The molecule has 1 aromatic carbocycles. The second-order valence-corrected chi connectivity index (χ2v) is 7.92. The quantitative estimate of drug-likeness (QED) is 0.643. The van der Waals surface area contributed by atoms with Crippen LogP contribution in [0.1, 0.15) is 94.4 Å². The molecular formula is C20H31NS.